The van der Waals surface area contributed by atoms with E-state index in [4.69, 9.17) is 9.47 Å². The molecule has 1 aliphatic heterocycles. The first kappa shape index (κ1) is 19.2. The van der Waals surface area contributed by atoms with Crippen molar-refractivity contribution in [1.29, 1.82) is 0 Å². The van der Waals surface area contributed by atoms with Crippen LogP contribution in [-0.2, 0) is 16.1 Å². The van der Waals surface area contributed by atoms with Crippen molar-refractivity contribution in [2.75, 3.05) is 13.2 Å². The summed E-state index contributed by atoms with van der Waals surface area (Å²) in [6, 6.07) is 8.64. The molecule has 3 rings (SSSR count). The maximum Gasteiger partial charge on any atom is 0.226 e. The Bertz CT molecular complexity index is 575. The standard InChI is InChI=1S/C22H33NO3/c1-3-18(4-2)22(24)23(19-11-12-19)15-17-8-7-10-20(14-17)26-16-21-9-5-6-13-25-21/h7-8,10,14,18-19,21H,3-6,9,11-13,15-16H2,1-2H3. The first-order valence-corrected chi connectivity index (χ1v) is 10.3. The third kappa shape index (κ3) is 5.23. The van der Waals surface area contributed by atoms with E-state index >= 15 is 0 Å². The molecule has 0 N–H and O–H groups in total. The van der Waals surface area contributed by atoms with Crippen LogP contribution in [0.25, 0.3) is 0 Å². The molecule has 144 valence electrons. The molecule has 2 fully saturated rings. The summed E-state index contributed by atoms with van der Waals surface area (Å²) in [4.78, 5) is 15.0. The number of carbonyl (C=O) groups is 1. The Kier molecular flexibility index (Phi) is 6.95. The summed E-state index contributed by atoms with van der Waals surface area (Å²) in [6.45, 7) is 6.38. The van der Waals surface area contributed by atoms with Gasteiger partial charge in [-0.05, 0) is 62.6 Å². The number of amides is 1. The van der Waals surface area contributed by atoms with Crippen LogP contribution in [-0.4, -0.2) is 36.2 Å². The molecular formula is C22H33NO3. The van der Waals surface area contributed by atoms with Crippen LogP contribution >= 0.6 is 0 Å². The highest BCUT2D eigenvalue weighted by Gasteiger charge is 2.34. The molecule has 4 nitrogen and oxygen atoms in total. The summed E-state index contributed by atoms with van der Waals surface area (Å²) in [5.74, 6) is 1.35. The average Bonchev–Trinajstić information content (AvgIpc) is 3.51. The van der Waals surface area contributed by atoms with Gasteiger partial charge in [-0.3, -0.25) is 4.79 Å². The van der Waals surface area contributed by atoms with Gasteiger partial charge in [-0.1, -0.05) is 26.0 Å². The largest absolute Gasteiger partial charge is 0.491 e. The van der Waals surface area contributed by atoms with Gasteiger partial charge >= 0.3 is 0 Å². The van der Waals surface area contributed by atoms with Gasteiger partial charge in [0.25, 0.3) is 0 Å². The number of benzene rings is 1. The fourth-order valence-corrected chi connectivity index (χ4v) is 3.70. The molecule has 1 amide bonds. The Hall–Kier alpha value is -1.55. The van der Waals surface area contributed by atoms with Gasteiger partial charge in [0.05, 0.1) is 6.10 Å². The van der Waals surface area contributed by atoms with Crippen molar-refractivity contribution in [3.63, 3.8) is 0 Å². The molecule has 1 aromatic rings. The third-order valence-corrected chi connectivity index (χ3v) is 5.57. The van der Waals surface area contributed by atoms with Crippen LogP contribution in [0.2, 0.25) is 0 Å². The van der Waals surface area contributed by atoms with Crippen LogP contribution in [0.1, 0.15) is 64.4 Å². The second kappa shape index (κ2) is 9.40. The summed E-state index contributed by atoms with van der Waals surface area (Å²) in [7, 11) is 0. The molecule has 1 saturated carbocycles. The molecule has 1 aliphatic carbocycles. The van der Waals surface area contributed by atoms with Gasteiger partial charge in [-0.15, -0.1) is 0 Å². The van der Waals surface area contributed by atoms with E-state index < -0.39 is 0 Å². The molecule has 4 heteroatoms. The molecule has 26 heavy (non-hydrogen) atoms. The van der Waals surface area contributed by atoms with Gasteiger partial charge in [-0.2, -0.15) is 0 Å². The van der Waals surface area contributed by atoms with Gasteiger partial charge in [0.1, 0.15) is 12.4 Å². The molecular weight excluding hydrogens is 326 g/mol. The van der Waals surface area contributed by atoms with Crippen molar-refractivity contribution in [3.05, 3.63) is 29.8 Å². The minimum Gasteiger partial charge on any atom is -0.491 e. The monoisotopic (exact) mass is 359 g/mol. The lowest BCUT2D eigenvalue weighted by atomic mass is 10.0. The fraction of sp³-hybridized carbons (Fsp3) is 0.682. The predicted octanol–water partition coefficient (Wildman–Crippen LogP) is 4.56. The minimum absolute atomic E-state index is 0.151. The Morgan fingerprint density at radius 3 is 2.69 bits per heavy atom. The van der Waals surface area contributed by atoms with Crippen molar-refractivity contribution in [3.8, 4) is 5.75 Å². The van der Waals surface area contributed by atoms with E-state index in [0.717, 1.165) is 56.4 Å². The molecule has 1 aromatic carbocycles. The second-order valence-electron chi connectivity index (χ2n) is 7.66. The van der Waals surface area contributed by atoms with E-state index in [9.17, 15) is 4.79 Å². The molecule has 0 spiro atoms. The van der Waals surface area contributed by atoms with Crippen molar-refractivity contribution in [1.82, 2.24) is 4.90 Å². The van der Waals surface area contributed by atoms with Crippen LogP contribution in [0.15, 0.2) is 24.3 Å². The van der Waals surface area contributed by atoms with E-state index in [2.05, 4.69) is 30.9 Å². The number of hydrogen-bond acceptors (Lipinski definition) is 3. The molecule has 1 atom stereocenters. The van der Waals surface area contributed by atoms with Crippen LogP contribution in [0.4, 0.5) is 0 Å². The Morgan fingerprint density at radius 1 is 1.23 bits per heavy atom. The van der Waals surface area contributed by atoms with Crippen molar-refractivity contribution in [2.45, 2.75) is 77.5 Å². The highest BCUT2D eigenvalue weighted by Crippen LogP contribution is 2.31. The van der Waals surface area contributed by atoms with Crippen LogP contribution in [0.3, 0.4) is 0 Å². The van der Waals surface area contributed by atoms with Crippen LogP contribution in [0.5, 0.6) is 5.75 Å². The Morgan fingerprint density at radius 2 is 2.04 bits per heavy atom. The van der Waals surface area contributed by atoms with Crippen molar-refractivity contribution >= 4 is 5.91 Å². The second-order valence-corrected chi connectivity index (χ2v) is 7.66. The zero-order chi connectivity index (χ0) is 18.4. The summed E-state index contributed by atoms with van der Waals surface area (Å²) in [5, 5.41) is 0. The summed E-state index contributed by atoms with van der Waals surface area (Å²) in [6.07, 6.45) is 7.80. The predicted molar refractivity (Wildman–Crippen MR) is 103 cm³/mol. The van der Waals surface area contributed by atoms with Gasteiger partial charge < -0.3 is 14.4 Å². The Labute approximate surface area is 157 Å². The lowest BCUT2D eigenvalue weighted by molar-refractivity contribution is -0.137. The van der Waals surface area contributed by atoms with E-state index in [1.165, 1.54) is 6.42 Å². The normalized spacial score (nSPS) is 20.2. The van der Waals surface area contributed by atoms with Gasteiger partial charge in [0, 0.05) is 25.1 Å². The average molecular weight is 360 g/mol. The van der Waals surface area contributed by atoms with E-state index in [0.29, 0.717) is 25.1 Å². The van der Waals surface area contributed by atoms with E-state index in [-0.39, 0.29) is 12.0 Å². The highest BCUT2D eigenvalue weighted by molar-refractivity contribution is 5.79. The Balaban J connectivity index is 1.60. The van der Waals surface area contributed by atoms with Gasteiger partial charge in [0.2, 0.25) is 5.91 Å². The molecule has 0 bridgehead atoms. The number of nitrogens with zero attached hydrogens (tertiary/aromatic N) is 1. The highest BCUT2D eigenvalue weighted by atomic mass is 16.5. The maximum atomic E-state index is 12.9. The number of rotatable bonds is 9. The quantitative estimate of drug-likeness (QED) is 0.649. The first-order chi connectivity index (χ1) is 12.7. The summed E-state index contributed by atoms with van der Waals surface area (Å²) >= 11 is 0. The lowest BCUT2D eigenvalue weighted by Gasteiger charge is -2.27. The van der Waals surface area contributed by atoms with Gasteiger partial charge in [0.15, 0.2) is 0 Å². The third-order valence-electron chi connectivity index (χ3n) is 5.57. The van der Waals surface area contributed by atoms with Crippen molar-refractivity contribution in [2.24, 2.45) is 5.92 Å². The van der Waals surface area contributed by atoms with Crippen LogP contribution < -0.4 is 4.74 Å². The molecule has 0 aromatic heterocycles. The van der Waals surface area contributed by atoms with E-state index in [1.54, 1.807) is 0 Å². The zero-order valence-corrected chi connectivity index (χ0v) is 16.3. The molecule has 1 unspecified atom stereocenters. The van der Waals surface area contributed by atoms with Gasteiger partial charge in [-0.25, -0.2) is 0 Å². The molecule has 1 saturated heterocycles. The minimum atomic E-state index is 0.151. The zero-order valence-electron chi connectivity index (χ0n) is 16.3. The fourth-order valence-electron chi connectivity index (χ4n) is 3.70. The SMILES string of the molecule is CCC(CC)C(=O)N(Cc1cccc(OCC2CCCCO2)c1)C1CC1. The number of hydrogen-bond donors (Lipinski definition) is 0. The lowest BCUT2D eigenvalue weighted by Crippen LogP contribution is -2.37. The van der Waals surface area contributed by atoms with Crippen LogP contribution in [0, 0.1) is 5.92 Å². The molecule has 0 radical (unpaired) electrons. The van der Waals surface area contributed by atoms with E-state index in [1.807, 2.05) is 12.1 Å². The summed E-state index contributed by atoms with van der Waals surface area (Å²) in [5.41, 5.74) is 1.15. The smallest absolute Gasteiger partial charge is 0.226 e. The first-order valence-electron chi connectivity index (χ1n) is 10.3. The molecule has 2 aliphatic rings. The number of ether oxygens (including phenoxy) is 2. The van der Waals surface area contributed by atoms with Crippen molar-refractivity contribution < 1.29 is 14.3 Å². The topological polar surface area (TPSA) is 38.8 Å². The molecule has 1 heterocycles. The number of carbonyl (C=O) groups excluding carboxylic acids is 1. The summed E-state index contributed by atoms with van der Waals surface area (Å²) < 4.78 is 11.7. The maximum absolute atomic E-state index is 12.9.